The fourth-order valence-electron chi connectivity index (χ4n) is 2.55. The molecule has 2 atom stereocenters. The summed E-state index contributed by atoms with van der Waals surface area (Å²) in [6, 6.07) is 1.57. The second kappa shape index (κ2) is 5.85. The van der Waals surface area contributed by atoms with Crippen molar-refractivity contribution in [1.82, 2.24) is 10.3 Å². The molecular formula is C14H20N2O2. The molecule has 0 bridgehead atoms. The number of rotatable bonds is 2. The third-order valence-corrected chi connectivity index (χ3v) is 3.75. The highest BCUT2D eigenvalue weighted by atomic mass is 16.2. The van der Waals surface area contributed by atoms with Gasteiger partial charge < -0.3 is 10.3 Å². The standard InChI is InChI=1S/C14H20N2O2/c1-10-5-3-2-4-6-12(10)16-14(18)11-9-15-8-7-13(11)17/h7-10,12H,2-6H2,1H3,(H,15,17)(H,16,18). The van der Waals surface area contributed by atoms with Gasteiger partial charge in [-0.25, -0.2) is 0 Å². The van der Waals surface area contributed by atoms with Crippen molar-refractivity contribution in [1.29, 1.82) is 0 Å². The minimum Gasteiger partial charge on any atom is -0.367 e. The van der Waals surface area contributed by atoms with Gasteiger partial charge in [0.15, 0.2) is 5.43 Å². The van der Waals surface area contributed by atoms with E-state index in [0.717, 1.165) is 19.3 Å². The molecule has 18 heavy (non-hydrogen) atoms. The molecule has 0 aliphatic heterocycles. The Labute approximate surface area is 107 Å². The zero-order valence-corrected chi connectivity index (χ0v) is 10.7. The van der Waals surface area contributed by atoms with Crippen LogP contribution in [-0.4, -0.2) is 16.9 Å². The molecule has 98 valence electrons. The number of hydrogen-bond donors (Lipinski definition) is 2. The molecule has 1 heterocycles. The summed E-state index contributed by atoms with van der Waals surface area (Å²) in [6.45, 7) is 2.17. The summed E-state index contributed by atoms with van der Waals surface area (Å²) in [5.74, 6) is 0.231. The van der Waals surface area contributed by atoms with Crippen molar-refractivity contribution >= 4 is 5.91 Å². The number of carbonyl (C=O) groups excluding carboxylic acids is 1. The van der Waals surface area contributed by atoms with Crippen molar-refractivity contribution in [2.75, 3.05) is 0 Å². The smallest absolute Gasteiger partial charge is 0.256 e. The van der Waals surface area contributed by atoms with E-state index < -0.39 is 0 Å². The van der Waals surface area contributed by atoms with E-state index in [9.17, 15) is 9.59 Å². The summed E-state index contributed by atoms with van der Waals surface area (Å²) >= 11 is 0. The summed E-state index contributed by atoms with van der Waals surface area (Å²) in [4.78, 5) is 26.4. The molecule has 4 nitrogen and oxygen atoms in total. The second-order valence-corrected chi connectivity index (χ2v) is 5.12. The Morgan fingerprint density at radius 3 is 2.89 bits per heavy atom. The van der Waals surface area contributed by atoms with Crippen molar-refractivity contribution in [2.24, 2.45) is 5.92 Å². The van der Waals surface area contributed by atoms with Crippen molar-refractivity contribution < 1.29 is 4.79 Å². The van der Waals surface area contributed by atoms with Gasteiger partial charge in [-0.05, 0) is 18.8 Å². The lowest BCUT2D eigenvalue weighted by Gasteiger charge is -2.22. The highest BCUT2D eigenvalue weighted by Gasteiger charge is 2.22. The molecular weight excluding hydrogens is 228 g/mol. The molecule has 4 heteroatoms. The molecule has 0 spiro atoms. The van der Waals surface area contributed by atoms with Gasteiger partial charge in [-0.2, -0.15) is 0 Å². The molecule has 1 aromatic rings. The monoisotopic (exact) mass is 248 g/mol. The SMILES string of the molecule is CC1CCCCCC1NC(=O)c1c[nH]ccc1=O. The van der Waals surface area contributed by atoms with E-state index in [2.05, 4.69) is 17.2 Å². The molecule has 0 saturated heterocycles. The normalized spacial score (nSPS) is 24.3. The zero-order valence-electron chi connectivity index (χ0n) is 10.7. The molecule has 1 aliphatic carbocycles. The Morgan fingerprint density at radius 1 is 1.33 bits per heavy atom. The van der Waals surface area contributed by atoms with E-state index in [-0.39, 0.29) is 22.9 Å². The highest BCUT2D eigenvalue weighted by molar-refractivity contribution is 5.93. The van der Waals surface area contributed by atoms with Gasteiger partial charge in [-0.3, -0.25) is 9.59 Å². The number of aromatic nitrogens is 1. The predicted octanol–water partition coefficient (Wildman–Crippen LogP) is 2.07. The Hall–Kier alpha value is -1.58. The van der Waals surface area contributed by atoms with Crippen molar-refractivity contribution in [2.45, 2.75) is 45.1 Å². The average Bonchev–Trinajstić information content (AvgIpc) is 2.55. The molecule has 2 N–H and O–H groups in total. The molecule has 1 amide bonds. The first-order valence-corrected chi connectivity index (χ1v) is 6.66. The van der Waals surface area contributed by atoms with Crippen LogP contribution in [0.15, 0.2) is 23.3 Å². The van der Waals surface area contributed by atoms with Gasteiger partial charge in [0.25, 0.3) is 5.91 Å². The quantitative estimate of drug-likeness (QED) is 0.787. The van der Waals surface area contributed by atoms with E-state index >= 15 is 0 Å². The first-order chi connectivity index (χ1) is 8.68. The van der Waals surface area contributed by atoms with Crippen LogP contribution < -0.4 is 10.7 Å². The topological polar surface area (TPSA) is 62.0 Å². The Morgan fingerprint density at radius 2 is 2.11 bits per heavy atom. The largest absolute Gasteiger partial charge is 0.367 e. The summed E-state index contributed by atoms with van der Waals surface area (Å²) < 4.78 is 0. The van der Waals surface area contributed by atoms with E-state index in [4.69, 9.17) is 0 Å². The third kappa shape index (κ3) is 3.00. The Kier molecular flexibility index (Phi) is 4.18. The maximum Gasteiger partial charge on any atom is 0.256 e. The fraction of sp³-hybridized carbons (Fsp3) is 0.571. The zero-order chi connectivity index (χ0) is 13.0. The molecule has 1 aliphatic rings. The first-order valence-electron chi connectivity index (χ1n) is 6.66. The Balaban J connectivity index is 2.06. The second-order valence-electron chi connectivity index (χ2n) is 5.12. The van der Waals surface area contributed by atoms with Gasteiger partial charge >= 0.3 is 0 Å². The maximum absolute atomic E-state index is 12.1. The molecule has 1 saturated carbocycles. The van der Waals surface area contributed by atoms with Crippen molar-refractivity contribution in [3.05, 3.63) is 34.2 Å². The van der Waals surface area contributed by atoms with E-state index in [1.807, 2.05) is 0 Å². The van der Waals surface area contributed by atoms with E-state index in [1.165, 1.54) is 31.3 Å². The van der Waals surface area contributed by atoms with Crippen LogP contribution in [0, 0.1) is 5.92 Å². The molecule has 1 aromatic heterocycles. The van der Waals surface area contributed by atoms with Crippen molar-refractivity contribution in [3.63, 3.8) is 0 Å². The Bertz CT molecular complexity index is 467. The molecule has 0 aromatic carbocycles. The van der Waals surface area contributed by atoms with Crippen LogP contribution in [0.2, 0.25) is 0 Å². The lowest BCUT2D eigenvalue weighted by Crippen LogP contribution is -2.40. The van der Waals surface area contributed by atoms with E-state index in [1.54, 1.807) is 0 Å². The van der Waals surface area contributed by atoms with Crippen LogP contribution >= 0.6 is 0 Å². The lowest BCUT2D eigenvalue weighted by atomic mass is 9.96. The number of nitrogens with one attached hydrogen (secondary N) is 2. The van der Waals surface area contributed by atoms with Crippen LogP contribution in [0.4, 0.5) is 0 Å². The summed E-state index contributed by atoms with van der Waals surface area (Å²) in [5.41, 5.74) is -0.0264. The molecule has 1 fully saturated rings. The minimum atomic E-state index is -0.254. The van der Waals surface area contributed by atoms with Gasteiger partial charge in [-0.1, -0.05) is 26.2 Å². The van der Waals surface area contributed by atoms with Gasteiger partial charge in [0.2, 0.25) is 0 Å². The van der Waals surface area contributed by atoms with Gasteiger partial charge in [0.05, 0.1) is 0 Å². The predicted molar refractivity (Wildman–Crippen MR) is 70.6 cm³/mol. The van der Waals surface area contributed by atoms with Crippen LogP contribution in [0.25, 0.3) is 0 Å². The molecule has 2 unspecified atom stereocenters. The highest BCUT2D eigenvalue weighted by Crippen LogP contribution is 2.23. The molecule has 2 rings (SSSR count). The summed E-state index contributed by atoms with van der Waals surface area (Å²) in [5, 5.41) is 3.01. The number of amides is 1. The number of aromatic amines is 1. The summed E-state index contributed by atoms with van der Waals surface area (Å²) in [6.07, 6.45) is 8.79. The van der Waals surface area contributed by atoms with Gasteiger partial charge in [-0.15, -0.1) is 0 Å². The summed E-state index contributed by atoms with van der Waals surface area (Å²) in [7, 11) is 0. The minimum absolute atomic E-state index is 0.194. The van der Waals surface area contributed by atoms with Crippen LogP contribution in [0.3, 0.4) is 0 Å². The third-order valence-electron chi connectivity index (χ3n) is 3.75. The van der Waals surface area contributed by atoms with E-state index in [0.29, 0.717) is 5.92 Å². The lowest BCUT2D eigenvalue weighted by molar-refractivity contribution is 0.0920. The molecule has 0 radical (unpaired) electrons. The number of carbonyl (C=O) groups is 1. The average molecular weight is 248 g/mol. The number of H-pyrrole nitrogens is 1. The number of hydrogen-bond acceptors (Lipinski definition) is 2. The number of pyridine rings is 1. The van der Waals surface area contributed by atoms with Crippen LogP contribution in [-0.2, 0) is 0 Å². The maximum atomic E-state index is 12.1. The van der Waals surface area contributed by atoms with Crippen LogP contribution in [0.1, 0.15) is 49.4 Å². The van der Waals surface area contributed by atoms with Gasteiger partial charge in [0, 0.05) is 24.5 Å². The first kappa shape index (κ1) is 12.9. The van der Waals surface area contributed by atoms with Gasteiger partial charge in [0.1, 0.15) is 5.56 Å². The fourth-order valence-corrected chi connectivity index (χ4v) is 2.55. The van der Waals surface area contributed by atoms with Crippen molar-refractivity contribution in [3.8, 4) is 0 Å². The van der Waals surface area contributed by atoms with Crippen LogP contribution in [0.5, 0.6) is 0 Å².